The summed E-state index contributed by atoms with van der Waals surface area (Å²) in [6.45, 7) is 2.06. The van der Waals surface area contributed by atoms with E-state index in [9.17, 15) is 4.79 Å². The molecule has 0 saturated heterocycles. The molecule has 4 heteroatoms. The fraction of sp³-hybridized carbons (Fsp3) is 0.364. The number of ketones is 1. The molecule has 1 aromatic rings. The molecule has 0 fully saturated rings. The number of hydrogen-bond acceptors (Lipinski definition) is 2. The van der Waals surface area contributed by atoms with E-state index < -0.39 is 0 Å². The molecule has 15 heavy (non-hydrogen) atoms. The maximum atomic E-state index is 11.2. The van der Waals surface area contributed by atoms with Crippen LogP contribution in [0.4, 0.5) is 0 Å². The molecule has 82 valence electrons. The van der Waals surface area contributed by atoms with Gasteiger partial charge in [0.1, 0.15) is 12.4 Å². The van der Waals surface area contributed by atoms with Crippen molar-refractivity contribution in [1.82, 2.24) is 0 Å². The highest BCUT2D eigenvalue weighted by molar-refractivity contribution is 9.10. The van der Waals surface area contributed by atoms with Gasteiger partial charge in [-0.3, -0.25) is 4.79 Å². The van der Waals surface area contributed by atoms with Gasteiger partial charge in [0.05, 0.1) is 5.02 Å². The van der Waals surface area contributed by atoms with E-state index >= 15 is 0 Å². The van der Waals surface area contributed by atoms with Crippen molar-refractivity contribution in [3.63, 3.8) is 0 Å². The second-order valence-electron chi connectivity index (χ2n) is 3.15. The van der Waals surface area contributed by atoms with Crippen molar-refractivity contribution < 1.29 is 9.53 Å². The molecule has 0 saturated carbocycles. The third kappa shape index (κ3) is 4.22. The third-order valence-electron chi connectivity index (χ3n) is 1.81. The fourth-order valence-electron chi connectivity index (χ4n) is 1.10. The van der Waals surface area contributed by atoms with Crippen molar-refractivity contribution in [2.75, 3.05) is 6.61 Å². The maximum absolute atomic E-state index is 11.2. The predicted molar refractivity (Wildman–Crippen MR) is 64.6 cm³/mol. The van der Waals surface area contributed by atoms with E-state index in [4.69, 9.17) is 16.3 Å². The van der Waals surface area contributed by atoms with Crippen LogP contribution >= 0.6 is 27.5 Å². The van der Waals surface area contributed by atoms with Crippen molar-refractivity contribution in [2.24, 2.45) is 0 Å². The first-order chi connectivity index (χ1) is 7.13. The summed E-state index contributed by atoms with van der Waals surface area (Å²) in [6.07, 6.45) is 1.39. The highest BCUT2D eigenvalue weighted by Crippen LogP contribution is 2.27. The molecule has 0 N–H and O–H groups in total. The van der Waals surface area contributed by atoms with E-state index in [1.807, 2.05) is 13.0 Å². The summed E-state index contributed by atoms with van der Waals surface area (Å²) < 4.78 is 6.19. The van der Waals surface area contributed by atoms with Crippen LogP contribution in [0.5, 0.6) is 5.75 Å². The summed E-state index contributed by atoms with van der Waals surface area (Å²) in [7, 11) is 0. The van der Waals surface area contributed by atoms with E-state index in [0.29, 0.717) is 17.2 Å². The molecule has 0 spiro atoms. The normalized spacial score (nSPS) is 10.1. The first kappa shape index (κ1) is 12.5. The monoisotopic (exact) mass is 290 g/mol. The van der Waals surface area contributed by atoms with Gasteiger partial charge in [-0.05, 0) is 24.6 Å². The SMILES string of the molecule is CCCC(=O)COc1ccc(Br)cc1Cl. The Morgan fingerprint density at radius 1 is 1.53 bits per heavy atom. The molecule has 0 atom stereocenters. The zero-order valence-electron chi connectivity index (χ0n) is 8.43. The first-order valence-corrected chi connectivity index (χ1v) is 5.90. The van der Waals surface area contributed by atoms with Gasteiger partial charge in [-0.25, -0.2) is 0 Å². The Balaban J connectivity index is 2.54. The van der Waals surface area contributed by atoms with Crippen LogP contribution in [0.1, 0.15) is 19.8 Å². The Kier molecular flexibility index (Phi) is 5.12. The van der Waals surface area contributed by atoms with Crippen LogP contribution in [0.15, 0.2) is 22.7 Å². The molecule has 0 aliphatic heterocycles. The van der Waals surface area contributed by atoms with Gasteiger partial charge in [0.15, 0.2) is 5.78 Å². The van der Waals surface area contributed by atoms with Crippen LogP contribution in [0.3, 0.4) is 0 Å². The van der Waals surface area contributed by atoms with Gasteiger partial charge in [-0.2, -0.15) is 0 Å². The van der Waals surface area contributed by atoms with Crippen LogP contribution in [0.2, 0.25) is 5.02 Å². The summed E-state index contributed by atoms with van der Waals surface area (Å²) in [4.78, 5) is 11.2. The van der Waals surface area contributed by atoms with Crippen molar-refractivity contribution in [1.29, 1.82) is 0 Å². The average Bonchev–Trinajstić information content (AvgIpc) is 2.17. The summed E-state index contributed by atoms with van der Waals surface area (Å²) in [6, 6.07) is 5.30. The van der Waals surface area contributed by atoms with Gasteiger partial charge < -0.3 is 4.74 Å². The zero-order valence-corrected chi connectivity index (χ0v) is 10.8. The average molecular weight is 292 g/mol. The molecule has 0 unspecified atom stereocenters. The molecule has 0 aliphatic rings. The quantitative estimate of drug-likeness (QED) is 0.823. The number of benzene rings is 1. The lowest BCUT2D eigenvalue weighted by Gasteiger charge is -2.06. The maximum Gasteiger partial charge on any atom is 0.170 e. The van der Waals surface area contributed by atoms with Gasteiger partial charge in [-0.15, -0.1) is 0 Å². The number of halogens is 2. The molecule has 0 amide bonds. The van der Waals surface area contributed by atoms with Gasteiger partial charge in [0, 0.05) is 10.9 Å². The number of hydrogen-bond donors (Lipinski definition) is 0. The standard InChI is InChI=1S/C11H12BrClO2/c1-2-3-9(14)7-15-11-5-4-8(12)6-10(11)13/h4-6H,2-3,7H2,1H3. The summed E-state index contributed by atoms with van der Waals surface area (Å²) in [5.41, 5.74) is 0. The smallest absolute Gasteiger partial charge is 0.170 e. The molecule has 0 aliphatic carbocycles. The van der Waals surface area contributed by atoms with Gasteiger partial charge in [0.2, 0.25) is 0 Å². The highest BCUT2D eigenvalue weighted by atomic mass is 79.9. The van der Waals surface area contributed by atoms with Gasteiger partial charge in [0.25, 0.3) is 0 Å². The van der Waals surface area contributed by atoms with Gasteiger partial charge >= 0.3 is 0 Å². The second kappa shape index (κ2) is 6.13. The number of ether oxygens (including phenoxy) is 1. The molecule has 2 nitrogen and oxygen atoms in total. The highest BCUT2D eigenvalue weighted by Gasteiger charge is 2.05. The Labute approximate surface area is 103 Å². The molecule has 0 radical (unpaired) electrons. The Bertz CT molecular complexity index is 352. The summed E-state index contributed by atoms with van der Waals surface area (Å²) in [5.74, 6) is 0.640. The van der Waals surface area contributed by atoms with Crippen molar-refractivity contribution >= 4 is 33.3 Å². The number of Topliss-reactive ketones (excluding diaryl/α,β-unsaturated/α-hetero) is 1. The lowest BCUT2D eigenvalue weighted by molar-refractivity contribution is -0.121. The number of carbonyl (C=O) groups is 1. The Hall–Kier alpha value is -0.540. The summed E-state index contributed by atoms with van der Waals surface area (Å²) >= 11 is 9.22. The minimum atomic E-state index is 0.0925. The minimum absolute atomic E-state index is 0.0925. The van der Waals surface area contributed by atoms with Crippen LogP contribution in [-0.2, 0) is 4.79 Å². The zero-order chi connectivity index (χ0) is 11.3. The molecule has 0 bridgehead atoms. The second-order valence-corrected chi connectivity index (χ2v) is 4.47. The van der Waals surface area contributed by atoms with Crippen molar-refractivity contribution in [2.45, 2.75) is 19.8 Å². The topological polar surface area (TPSA) is 26.3 Å². The van der Waals surface area contributed by atoms with Crippen LogP contribution in [0.25, 0.3) is 0 Å². The van der Waals surface area contributed by atoms with Crippen molar-refractivity contribution in [3.05, 3.63) is 27.7 Å². The minimum Gasteiger partial charge on any atom is -0.484 e. The molecular formula is C11H12BrClO2. The first-order valence-electron chi connectivity index (χ1n) is 4.73. The van der Waals surface area contributed by atoms with Crippen molar-refractivity contribution in [3.8, 4) is 5.75 Å². The molecule has 0 heterocycles. The van der Waals surface area contributed by atoms with E-state index in [2.05, 4.69) is 15.9 Å². The molecular weight excluding hydrogens is 279 g/mol. The van der Waals surface area contributed by atoms with Crippen LogP contribution < -0.4 is 4.74 Å². The van der Waals surface area contributed by atoms with Crippen LogP contribution in [0, 0.1) is 0 Å². The lowest BCUT2D eigenvalue weighted by Crippen LogP contribution is -2.10. The van der Waals surface area contributed by atoms with E-state index in [-0.39, 0.29) is 12.4 Å². The number of rotatable bonds is 5. The molecule has 1 rings (SSSR count). The molecule has 1 aromatic carbocycles. The third-order valence-corrected chi connectivity index (χ3v) is 2.60. The van der Waals surface area contributed by atoms with Gasteiger partial charge in [-0.1, -0.05) is 34.5 Å². The molecule has 0 aromatic heterocycles. The fourth-order valence-corrected chi connectivity index (χ4v) is 1.83. The Morgan fingerprint density at radius 3 is 2.87 bits per heavy atom. The Morgan fingerprint density at radius 2 is 2.27 bits per heavy atom. The number of carbonyl (C=O) groups excluding carboxylic acids is 1. The summed E-state index contributed by atoms with van der Waals surface area (Å²) in [5, 5.41) is 0.508. The van der Waals surface area contributed by atoms with Crippen LogP contribution in [-0.4, -0.2) is 12.4 Å². The lowest BCUT2D eigenvalue weighted by atomic mass is 10.2. The van der Waals surface area contributed by atoms with E-state index in [0.717, 1.165) is 10.9 Å². The predicted octanol–water partition coefficient (Wildman–Crippen LogP) is 3.85. The van der Waals surface area contributed by atoms with E-state index in [1.54, 1.807) is 12.1 Å². The van der Waals surface area contributed by atoms with E-state index in [1.165, 1.54) is 0 Å². The largest absolute Gasteiger partial charge is 0.484 e.